The van der Waals surface area contributed by atoms with Crippen molar-refractivity contribution in [2.75, 3.05) is 52.4 Å². The van der Waals surface area contributed by atoms with Gasteiger partial charge in [0.25, 0.3) is 0 Å². The number of methoxy groups -OCH3 is 1. The Hall–Kier alpha value is -3.23. The molecule has 1 unspecified atom stereocenters. The summed E-state index contributed by atoms with van der Waals surface area (Å²) < 4.78 is 30.8. The van der Waals surface area contributed by atoms with E-state index in [1.165, 1.54) is 17.8 Å². The molecule has 1 aliphatic heterocycles. The number of hydrogen-bond donors (Lipinski definition) is 0. The van der Waals surface area contributed by atoms with Crippen LogP contribution in [0, 0.1) is 5.82 Å². The lowest BCUT2D eigenvalue weighted by Crippen LogP contribution is -2.33. The molecule has 0 N–H and O–H groups in total. The van der Waals surface area contributed by atoms with Gasteiger partial charge in [-0.2, -0.15) is 0 Å². The van der Waals surface area contributed by atoms with Crippen LogP contribution in [-0.4, -0.2) is 58.3 Å². The highest BCUT2D eigenvalue weighted by molar-refractivity contribution is 8.00. The standard InChI is InChI=1S/C28H31FN2O4S/c1-30(16-18-35-25-11-6-4-9-22(25)29)15-8-17-34-24-14-13-20(33-3)19-21(24)27-28(32)31(2)23-10-5-7-12-26(23)36-27/h4-7,9-14,19,27H,8,15-18H2,1-3H3. The maximum Gasteiger partial charge on any atom is 0.244 e. The lowest BCUT2D eigenvalue weighted by atomic mass is 10.1. The Morgan fingerprint density at radius 1 is 0.972 bits per heavy atom. The molecule has 1 amide bonds. The lowest BCUT2D eigenvalue weighted by molar-refractivity contribution is -0.118. The maximum atomic E-state index is 13.7. The van der Waals surface area contributed by atoms with E-state index >= 15 is 0 Å². The molecule has 0 saturated carbocycles. The Morgan fingerprint density at radius 2 is 1.72 bits per heavy atom. The molecule has 1 aliphatic rings. The Labute approximate surface area is 215 Å². The van der Waals surface area contributed by atoms with Gasteiger partial charge in [-0.25, -0.2) is 4.39 Å². The summed E-state index contributed by atoms with van der Waals surface area (Å²) in [6, 6.07) is 19.9. The van der Waals surface area contributed by atoms with Gasteiger partial charge in [0, 0.05) is 30.6 Å². The van der Waals surface area contributed by atoms with Crippen molar-refractivity contribution in [1.29, 1.82) is 0 Å². The highest BCUT2D eigenvalue weighted by Crippen LogP contribution is 2.48. The molecule has 0 bridgehead atoms. The zero-order chi connectivity index (χ0) is 25.5. The maximum absolute atomic E-state index is 13.7. The van der Waals surface area contributed by atoms with Crippen molar-refractivity contribution >= 4 is 23.4 Å². The van der Waals surface area contributed by atoms with Gasteiger partial charge in [-0.05, 0) is 55.9 Å². The third kappa shape index (κ3) is 6.12. The summed E-state index contributed by atoms with van der Waals surface area (Å²) in [7, 11) is 5.41. The van der Waals surface area contributed by atoms with Crippen molar-refractivity contribution in [3.8, 4) is 17.2 Å². The first-order valence-corrected chi connectivity index (χ1v) is 12.8. The van der Waals surface area contributed by atoms with Gasteiger partial charge in [-0.15, -0.1) is 11.8 Å². The molecule has 0 aliphatic carbocycles. The molecule has 0 spiro atoms. The molecule has 0 aromatic heterocycles. The Bertz CT molecular complexity index is 1190. The highest BCUT2D eigenvalue weighted by atomic mass is 32.2. The Morgan fingerprint density at radius 3 is 2.53 bits per heavy atom. The zero-order valence-corrected chi connectivity index (χ0v) is 21.6. The molecule has 0 radical (unpaired) electrons. The molecule has 8 heteroatoms. The fourth-order valence-electron chi connectivity index (χ4n) is 3.99. The van der Waals surface area contributed by atoms with Crippen LogP contribution in [0.4, 0.5) is 10.1 Å². The van der Waals surface area contributed by atoms with Gasteiger partial charge < -0.3 is 24.0 Å². The topological polar surface area (TPSA) is 51.2 Å². The number of amides is 1. The minimum atomic E-state index is -0.423. The van der Waals surface area contributed by atoms with E-state index < -0.39 is 5.25 Å². The molecular weight excluding hydrogens is 479 g/mol. The third-order valence-corrected chi connectivity index (χ3v) is 7.33. The normalized spacial score (nSPS) is 15.1. The highest BCUT2D eigenvalue weighted by Gasteiger charge is 2.34. The average Bonchev–Trinajstić information content (AvgIpc) is 2.90. The van der Waals surface area contributed by atoms with Crippen molar-refractivity contribution in [2.24, 2.45) is 0 Å². The van der Waals surface area contributed by atoms with Gasteiger partial charge in [-0.3, -0.25) is 4.79 Å². The first-order chi connectivity index (χ1) is 17.5. The molecule has 1 atom stereocenters. The fraction of sp³-hybridized carbons (Fsp3) is 0.321. The predicted molar refractivity (Wildman–Crippen MR) is 141 cm³/mol. The van der Waals surface area contributed by atoms with E-state index in [1.54, 1.807) is 37.3 Å². The largest absolute Gasteiger partial charge is 0.497 e. The smallest absolute Gasteiger partial charge is 0.244 e. The summed E-state index contributed by atoms with van der Waals surface area (Å²) in [5, 5.41) is -0.423. The second kappa shape index (κ2) is 12.1. The summed E-state index contributed by atoms with van der Waals surface area (Å²) in [5.74, 6) is 1.28. The quantitative estimate of drug-likeness (QED) is 0.321. The van der Waals surface area contributed by atoms with Crippen LogP contribution < -0.4 is 19.1 Å². The van der Waals surface area contributed by atoms with Crippen LogP contribution in [0.25, 0.3) is 0 Å². The predicted octanol–water partition coefficient (Wildman–Crippen LogP) is 5.42. The van der Waals surface area contributed by atoms with Crippen LogP contribution in [0.3, 0.4) is 0 Å². The van der Waals surface area contributed by atoms with Crippen LogP contribution >= 0.6 is 11.8 Å². The number of anilines is 1. The Kier molecular flexibility index (Phi) is 8.72. The van der Waals surface area contributed by atoms with E-state index in [0.29, 0.717) is 31.3 Å². The molecule has 190 valence electrons. The lowest BCUT2D eigenvalue weighted by Gasteiger charge is -2.32. The second-order valence-corrected chi connectivity index (χ2v) is 9.70. The molecule has 0 fully saturated rings. The van der Waals surface area contributed by atoms with Gasteiger partial charge in [0.15, 0.2) is 11.6 Å². The number of halogens is 1. The number of rotatable bonds is 11. The van der Waals surface area contributed by atoms with Gasteiger partial charge in [0.05, 0.1) is 19.4 Å². The second-order valence-electron chi connectivity index (χ2n) is 8.55. The van der Waals surface area contributed by atoms with Gasteiger partial charge >= 0.3 is 0 Å². The molecular formula is C28H31FN2O4S. The van der Waals surface area contributed by atoms with E-state index in [2.05, 4.69) is 4.90 Å². The summed E-state index contributed by atoms with van der Waals surface area (Å²) in [5.41, 5.74) is 1.72. The number of likely N-dealkylation sites (N-methyl/N-ethyl adjacent to an activating group) is 2. The Balaban J connectivity index is 1.34. The van der Waals surface area contributed by atoms with E-state index in [1.807, 2.05) is 49.5 Å². The monoisotopic (exact) mass is 510 g/mol. The number of carbonyl (C=O) groups excluding carboxylic acids is 1. The number of nitrogens with zero attached hydrogens (tertiary/aromatic N) is 2. The van der Waals surface area contributed by atoms with E-state index in [-0.39, 0.29) is 17.5 Å². The fourth-order valence-corrected chi connectivity index (χ4v) is 5.30. The molecule has 4 rings (SSSR count). The van der Waals surface area contributed by atoms with E-state index in [0.717, 1.165) is 29.1 Å². The van der Waals surface area contributed by atoms with Crippen molar-refractivity contribution in [1.82, 2.24) is 4.90 Å². The summed E-state index contributed by atoms with van der Waals surface area (Å²) in [6.07, 6.45) is 0.788. The number of para-hydroxylation sites is 2. The third-order valence-electron chi connectivity index (χ3n) is 6.03. The summed E-state index contributed by atoms with van der Waals surface area (Å²) >= 11 is 1.53. The van der Waals surface area contributed by atoms with Gasteiger partial charge in [-0.1, -0.05) is 24.3 Å². The number of carbonyl (C=O) groups is 1. The zero-order valence-electron chi connectivity index (χ0n) is 20.8. The number of fused-ring (bicyclic) bond motifs is 1. The molecule has 3 aromatic rings. The number of benzene rings is 3. The molecule has 36 heavy (non-hydrogen) atoms. The van der Waals surface area contributed by atoms with Gasteiger partial charge in [0.1, 0.15) is 23.4 Å². The first kappa shape index (κ1) is 25.9. The minimum Gasteiger partial charge on any atom is -0.497 e. The first-order valence-electron chi connectivity index (χ1n) is 11.9. The SMILES string of the molecule is COc1ccc(OCCCN(C)CCOc2ccccc2F)c(C2Sc3ccccc3N(C)C2=O)c1. The molecule has 1 heterocycles. The van der Waals surface area contributed by atoms with Crippen LogP contribution in [0.1, 0.15) is 17.2 Å². The number of thioether (sulfide) groups is 1. The average molecular weight is 511 g/mol. The number of ether oxygens (including phenoxy) is 3. The van der Waals surface area contributed by atoms with Crippen LogP contribution in [-0.2, 0) is 4.79 Å². The minimum absolute atomic E-state index is 0.00592. The molecule has 3 aromatic carbocycles. The molecule has 0 saturated heterocycles. The van der Waals surface area contributed by atoms with Gasteiger partial charge in [0.2, 0.25) is 5.91 Å². The van der Waals surface area contributed by atoms with Crippen molar-refractivity contribution in [3.05, 3.63) is 78.1 Å². The van der Waals surface area contributed by atoms with Crippen molar-refractivity contribution in [3.63, 3.8) is 0 Å². The summed E-state index contributed by atoms with van der Waals surface area (Å²) in [6.45, 7) is 2.35. The van der Waals surface area contributed by atoms with E-state index in [4.69, 9.17) is 14.2 Å². The summed E-state index contributed by atoms with van der Waals surface area (Å²) in [4.78, 5) is 18.1. The van der Waals surface area contributed by atoms with Crippen molar-refractivity contribution < 1.29 is 23.4 Å². The number of hydrogen-bond acceptors (Lipinski definition) is 6. The van der Waals surface area contributed by atoms with Crippen LogP contribution in [0.15, 0.2) is 71.6 Å². The van der Waals surface area contributed by atoms with E-state index in [9.17, 15) is 9.18 Å². The van der Waals surface area contributed by atoms with Crippen LogP contribution in [0.5, 0.6) is 17.2 Å². The molecule has 6 nitrogen and oxygen atoms in total. The van der Waals surface area contributed by atoms with Crippen LogP contribution in [0.2, 0.25) is 0 Å². The van der Waals surface area contributed by atoms with Crippen molar-refractivity contribution in [2.45, 2.75) is 16.6 Å².